The van der Waals surface area contributed by atoms with Gasteiger partial charge in [0.1, 0.15) is 0 Å². The Morgan fingerprint density at radius 2 is 1.94 bits per heavy atom. The number of alkyl halides is 1. The monoisotopic (exact) mass is 359 g/mol. The fraction of sp³-hybridized carbons (Fsp3) is 0.429. The number of benzene rings is 1. The van der Waals surface area contributed by atoms with Gasteiger partial charge in [0, 0.05) is 18.4 Å². The lowest BCUT2D eigenvalue weighted by molar-refractivity contribution is 0.304. The summed E-state index contributed by atoms with van der Waals surface area (Å²) in [7, 11) is 0. The first-order valence-corrected chi connectivity index (χ1v) is 7.05. The first-order valence-electron chi connectivity index (χ1n) is 5.93. The van der Waals surface area contributed by atoms with Crippen molar-refractivity contribution in [3.05, 3.63) is 42.0 Å². The van der Waals surface area contributed by atoms with Gasteiger partial charge in [-0.25, -0.2) is 0 Å². The molecule has 0 saturated heterocycles. The van der Waals surface area contributed by atoms with E-state index < -0.39 is 0 Å². The van der Waals surface area contributed by atoms with Gasteiger partial charge in [-0.3, -0.25) is 4.90 Å². The molecular formula is C14H19Br2N. The zero-order chi connectivity index (χ0) is 11.2. The Labute approximate surface area is 123 Å². The first kappa shape index (κ1) is 14.9. The van der Waals surface area contributed by atoms with Crippen LogP contribution in [0.2, 0.25) is 0 Å². The lowest BCUT2D eigenvalue weighted by atomic mass is 9.99. The Morgan fingerprint density at radius 1 is 1.18 bits per heavy atom. The van der Waals surface area contributed by atoms with Crippen LogP contribution in [0.3, 0.4) is 0 Å². The van der Waals surface area contributed by atoms with Crippen LogP contribution in [0.4, 0.5) is 0 Å². The van der Waals surface area contributed by atoms with Gasteiger partial charge in [0.2, 0.25) is 0 Å². The minimum atomic E-state index is 0. The quantitative estimate of drug-likeness (QED) is 0.729. The van der Waals surface area contributed by atoms with Crippen LogP contribution >= 0.6 is 32.9 Å². The molecule has 3 heteroatoms. The zero-order valence-electron chi connectivity index (χ0n) is 9.94. The van der Waals surface area contributed by atoms with Gasteiger partial charge in [-0.15, -0.1) is 17.0 Å². The lowest BCUT2D eigenvalue weighted by Gasteiger charge is -2.26. The molecule has 1 aliphatic heterocycles. The van der Waals surface area contributed by atoms with Gasteiger partial charge < -0.3 is 0 Å². The summed E-state index contributed by atoms with van der Waals surface area (Å²) in [6.45, 7) is 3.52. The van der Waals surface area contributed by atoms with Crippen molar-refractivity contribution in [2.45, 2.75) is 12.8 Å². The first-order chi connectivity index (χ1) is 7.90. The Hall–Kier alpha value is -0.120. The van der Waals surface area contributed by atoms with Crippen molar-refractivity contribution in [3.8, 4) is 0 Å². The highest BCUT2D eigenvalue weighted by Crippen LogP contribution is 2.21. The van der Waals surface area contributed by atoms with Crippen molar-refractivity contribution in [3.63, 3.8) is 0 Å². The highest BCUT2D eigenvalue weighted by Gasteiger charge is 2.11. The van der Waals surface area contributed by atoms with E-state index in [-0.39, 0.29) is 17.0 Å². The summed E-state index contributed by atoms with van der Waals surface area (Å²) in [6, 6.07) is 10.7. The zero-order valence-corrected chi connectivity index (χ0v) is 13.2. The fourth-order valence-corrected chi connectivity index (χ4v) is 2.36. The normalized spacial score (nSPS) is 16.2. The predicted molar refractivity (Wildman–Crippen MR) is 84.2 cm³/mol. The van der Waals surface area contributed by atoms with Crippen molar-refractivity contribution in [2.24, 2.45) is 0 Å². The Bertz CT molecular complexity index is 348. The van der Waals surface area contributed by atoms with E-state index in [0.29, 0.717) is 0 Å². The summed E-state index contributed by atoms with van der Waals surface area (Å²) in [6.07, 6.45) is 4.81. The third kappa shape index (κ3) is 4.57. The second-order valence-electron chi connectivity index (χ2n) is 4.19. The molecule has 0 atom stereocenters. The van der Waals surface area contributed by atoms with Crippen LogP contribution in [0.25, 0.3) is 5.57 Å². The summed E-state index contributed by atoms with van der Waals surface area (Å²) in [5.74, 6) is 0. The highest BCUT2D eigenvalue weighted by molar-refractivity contribution is 9.09. The van der Waals surface area contributed by atoms with Gasteiger partial charge in [-0.05, 0) is 30.5 Å². The van der Waals surface area contributed by atoms with E-state index in [2.05, 4.69) is 57.2 Å². The summed E-state index contributed by atoms with van der Waals surface area (Å²) >= 11 is 3.48. The van der Waals surface area contributed by atoms with Gasteiger partial charge in [-0.2, -0.15) is 0 Å². The number of hydrogen-bond acceptors (Lipinski definition) is 1. The molecule has 0 aromatic heterocycles. The maximum Gasteiger partial charge on any atom is 0.0169 e. The molecule has 0 saturated carbocycles. The molecule has 0 unspecified atom stereocenters. The minimum absolute atomic E-state index is 0. The number of rotatable bonds is 4. The van der Waals surface area contributed by atoms with Gasteiger partial charge >= 0.3 is 0 Å². The molecule has 17 heavy (non-hydrogen) atoms. The summed E-state index contributed by atoms with van der Waals surface area (Å²) in [5, 5.41) is 1.11. The van der Waals surface area contributed by atoms with E-state index in [9.17, 15) is 0 Å². The average molecular weight is 361 g/mol. The van der Waals surface area contributed by atoms with E-state index in [1.807, 2.05) is 0 Å². The van der Waals surface area contributed by atoms with Crippen molar-refractivity contribution in [1.29, 1.82) is 0 Å². The second-order valence-corrected chi connectivity index (χ2v) is 4.98. The van der Waals surface area contributed by atoms with Crippen LogP contribution in [0.5, 0.6) is 0 Å². The van der Waals surface area contributed by atoms with Crippen molar-refractivity contribution in [1.82, 2.24) is 4.90 Å². The molecule has 0 fully saturated rings. The average Bonchev–Trinajstić information content (AvgIpc) is 2.38. The van der Waals surface area contributed by atoms with Crippen molar-refractivity contribution >= 4 is 38.5 Å². The smallest absolute Gasteiger partial charge is 0.0169 e. The van der Waals surface area contributed by atoms with E-state index in [0.717, 1.165) is 11.9 Å². The van der Waals surface area contributed by atoms with Crippen LogP contribution in [-0.4, -0.2) is 29.9 Å². The molecule has 1 nitrogen and oxygen atoms in total. The molecule has 0 bridgehead atoms. The molecule has 1 aromatic carbocycles. The van der Waals surface area contributed by atoms with Gasteiger partial charge in [0.15, 0.2) is 0 Å². The fourth-order valence-electron chi connectivity index (χ4n) is 2.11. The molecule has 1 heterocycles. The van der Waals surface area contributed by atoms with Gasteiger partial charge in [0.25, 0.3) is 0 Å². The lowest BCUT2D eigenvalue weighted by Crippen LogP contribution is -2.29. The second kappa shape index (κ2) is 8.06. The third-order valence-electron chi connectivity index (χ3n) is 3.05. The molecule has 0 spiro atoms. The summed E-state index contributed by atoms with van der Waals surface area (Å²) < 4.78 is 0. The molecule has 0 aliphatic carbocycles. The molecule has 0 amide bonds. The predicted octanol–water partition coefficient (Wildman–Crippen LogP) is 4.14. The number of halogens is 2. The molecule has 2 rings (SSSR count). The Morgan fingerprint density at radius 3 is 2.53 bits per heavy atom. The van der Waals surface area contributed by atoms with E-state index >= 15 is 0 Å². The van der Waals surface area contributed by atoms with E-state index in [1.165, 1.54) is 37.1 Å². The number of nitrogens with zero attached hydrogens (tertiary/aromatic N) is 1. The molecule has 94 valence electrons. The van der Waals surface area contributed by atoms with Crippen LogP contribution < -0.4 is 0 Å². The van der Waals surface area contributed by atoms with Gasteiger partial charge in [-0.1, -0.05) is 52.3 Å². The van der Waals surface area contributed by atoms with Crippen LogP contribution in [-0.2, 0) is 0 Å². The Balaban J connectivity index is 0.00000144. The minimum Gasteiger partial charge on any atom is -0.299 e. The molecule has 0 radical (unpaired) electrons. The standard InChI is InChI=1S/C14H18BrN.BrH/c15-9-4-10-16-11-7-14(8-12-16)13-5-2-1-3-6-13;/h1-3,5-7H,4,8-12H2;1H. The maximum absolute atomic E-state index is 3.48. The largest absolute Gasteiger partial charge is 0.299 e. The van der Waals surface area contributed by atoms with E-state index in [1.54, 1.807) is 0 Å². The highest BCUT2D eigenvalue weighted by atomic mass is 79.9. The van der Waals surface area contributed by atoms with Gasteiger partial charge in [0.05, 0.1) is 0 Å². The topological polar surface area (TPSA) is 3.24 Å². The van der Waals surface area contributed by atoms with Crippen molar-refractivity contribution < 1.29 is 0 Å². The molecule has 1 aliphatic rings. The maximum atomic E-state index is 3.48. The summed E-state index contributed by atoms with van der Waals surface area (Å²) in [4.78, 5) is 2.52. The molecular weight excluding hydrogens is 342 g/mol. The van der Waals surface area contributed by atoms with E-state index in [4.69, 9.17) is 0 Å². The number of hydrogen-bond donors (Lipinski definition) is 0. The van der Waals surface area contributed by atoms with Crippen LogP contribution in [0, 0.1) is 0 Å². The van der Waals surface area contributed by atoms with Crippen molar-refractivity contribution in [2.75, 3.05) is 25.0 Å². The van der Waals surface area contributed by atoms with Crippen LogP contribution in [0.15, 0.2) is 36.4 Å². The third-order valence-corrected chi connectivity index (χ3v) is 3.61. The SMILES string of the molecule is Br.BrCCCN1CC=C(c2ccccc2)CC1. The molecule has 0 N–H and O–H groups in total. The summed E-state index contributed by atoms with van der Waals surface area (Å²) in [5.41, 5.74) is 2.90. The Kier molecular flexibility index (Phi) is 7.09. The molecule has 1 aromatic rings. The van der Waals surface area contributed by atoms with Crippen LogP contribution in [0.1, 0.15) is 18.4 Å².